The molecule has 0 unspecified atom stereocenters. The maximum Gasteiger partial charge on any atom is 0.274 e. The van der Waals surface area contributed by atoms with Crippen molar-refractivity contribution in [2.45, 2.75) is 13.0 Å². The van der Waals surface area contributed by atoms with Crippen LogP contribution in [-0.4, -0.2) is 14.8 Å². The molecule has 128 valence electrons. The number of fused-ring (bicyclic) bond motifs is 1. The van der Waals surface area contributed by atoms with Crippen molar-refractivity contribution in [3.63, 3.8) is 0 Å². The van der Waals surface area contributed by atoms with Gasteiger partial charge in [-0.05, 0) is 35.4 Å². The van der Waals surface area contributed by atoms with Crippen molar-refractivity contribution in [3.8, 4) is 0 Å². The number of benzene rings is 2. The molecule has 2 aromatic heterocycles. The first kappa shape index (κ1) is 16.1. The molecule has 0 spiro atoms. The third kappa shape index (κ3) is 3.24. The largest absolute Gasteiger partial charge is 0.274 e. The van der Waals surface area contributed by atoms with Crippen LogP contribution in [0.1, 0.15) is 16.8 Å². The summed E-state index contributed by atoms with van der Waals surface area (Å²) in [7, 11) is 0. The van der Waals surface area contributed by atoms with E-state index >= 15 is 0 Å². The van der Waals surface area contributed by atoms with Gasteiger partial charge in [0.15, 0.2) is 0 Å². The Bertz CT molecular complexity index is 1110. The van der Waals surface area contributed by atoms with E-state index in [9.17, 15) is 9.18 Å². The molecule has 0 aliphatic carbocycles. The van der Waals surface area contributed by atoms with E-state index in [1.807, 2.05) is 36.4 Å². The van der Waals surface area contributed by atoms with Crippen LogP contribution in [0.3, 0.4) is 0 Å². The molecule has 0 radical (unpaired) electrons. The van der Waals surface area contributed by atoms with Crippen molar-refractivity contribution in [3.05, 3.63) is 106 Å². The predicted octanol–water partition coefficient (Wildman–Crippen LogP) is 3.57. The zero-order chi connectivity index (χ0) is 17.9. The van der Waals surface area contributed by atoms with Crippen LogP contribution in [0.2, 0.25) is 0 Å². The maximum absolute atomic E-state index is 13.1. The zero-order valence-corrected chi connectivity index (χ0v) is 14.0. The average molecular weight is 345 g/mol. The predicted molar refractivity (Wildman–Crippen MR) is 98.5 cm³/mol. The molecule has 0 aliphatic heterocycles. The maximum atomic E-state index is 13.1. The average Bonchev–Trinajstić information content (AvgIpc) is 2.68. The van der Waals surface area contributed by atoms with Crippen LogP contribution in [-0.2, 0) is 13.0 Å². The highest BCUT2D eigenvalue weighted by molar-refractivity contribution is 5.83. The Balaban J connectivity index is 1.81. The van der Waals surface area contributed by atoms with Crippen molar-refractivity contribution in [1.29, 1.82) is 0 Å². The lowest BCUT2D eigenvalue weighted by molar-refractivity contribution is 0.617. The fraction of sp³-hybridized carbons (Fsp3) is 0.0952. The molecule has 0 atom stereocenters. The van der Waals surface area contributed by atoms with Crippen LogP contribution < -0.4 is 5.56 Å². The molecule has 2 heterocycles. The second-order valence-electron chi connectivity index (χ2n) is 6.12. The Kier molecular flexibility index (Phi) is 4.27. The topological polar surface area (TPSA) is 47.8 Å². The Morgan fingerprint density at radius 1 is 0.885 bits per heavy atom. The van der Waals surface area contributed by atoms with Gasteiger partial charge in [0.1, 0.15) is 5.82 Å². The second-order valence-corrected chi connectivity index (χ2v) is 6.12. The summed E-state index contributed by atoms with van der Waals surface area (Å²) in [6.45, 7) is 0.296. The molecule has 2 aromatic carbocycles. The number of hydrogen-bond donors (Lipinski definition) is 0. The summed E-state index contributed by atoms with van der Waals surface area (Å²) in [6, 6.07) is 17.4. The molecule has 4 aromatic rings. The normalized spacial score (nSPS) is 11.0. The minimum absolute atomic E-state index is 0.153. The van der Waals surface area contributed by atoms with Crippen molar-refractivity contribution in [1.82, 2.24) is 14.8 Å². The first-order chi connectivity index (χ1) is 12.7. The fourth-order valence-electron chi connectivity index (χ4n) is 3.00. The van der Waals surface area contributed by atoms with Gasteiger partial charge in [0.25, 0.3) is 5.56 Å². The summed E-state index contributed by atoms with van der Waals surface area (Å²) in [6.07, 6.45) is 4.11. The summed E-state index contributed by atoms with van der Waals surface area (Å²) in [4.78, 5) is 17.0. The molecule has 0 saturated carbocycles. The van der Waals surface area contributed by atoms with E-state index < -0.39 is 0 Å². The molecule has 4 rings (SSSR count). The van der Waals surface area contributed by atoms with Gasteiger partial charge in [0, 0.05) is 24.2 Å². The van der Waals surface area contributed by atoms with Crippen LogP contribution in [0.5, 0.6) is 0 Å². The highest BCUT2D eigenvalue weighted by Gasteiger charge is 2.11. The summed E-state index contributed by atoms with van der Waals surface area (Å²) < 4.78 is 14.6. The molecule has 0 saturated heterocycles. The highest BCUT2D eigenvalue weighted by Crippen LogP contribution is 2.17. The van der Waals surface area contributed by atoms with Gasteiger partial charge in [0.2, 0.25) is 0 Å². The van der Waals surface area contributed by atoms with Crippen LogP contribution in [0.25, 0.3) is 10.8 Å². The van der Waals surface area contributed by atoms with E-state index in [1.54, 1.807) is 24.5 Å². The van der Waals surface area contributed by atoms with Gasteiger partial charge in [0.05, 0.1) is 17.6 Å². The van der Waals surface area contributed by atoms with E-state index in [1.165, 1.54) is 16.8 Å². The molecule has 0 fully saturated rings. The van der Waals surface area contributed by atoms with Crippen LogP contribution >= 0.6 is 0 Å². The minimum atomic E-state index is -0.301. The Labute approximate surface area is 149 Å². The van der Waals surface area contributed by atoms with E-state index in [0.717, 1.165) is 22.2 Å². The summed E-state index contributed by atoms with van der Waals surface area (Å²) >= 11 is 0. The zero-order valence-electron chi connectivity index (χ0n) is 14.0. The number of pyridine rings is 1. The Morgan fingerprint density at radius 3 is 2.38 bits per heavy atom. The number of nitrogens with zero attached hydrogens (tertiary/aromatic N) is 3. The van der Waals surface area contributed by atoms with E-state index in [-0.39, 0.29) is 11.4 Å². The lowest BCUT2D eigenvalue weighted by Crippen LogP contribution is -2.25. The summed E-state index contributed by atoms with van der Waals surface area (Å²) in [5.41, 5.74) is 2.51. The number of halogens is 1. The van der Waals surface area contributed by atoms with Gasteiger partial charge in [-0.3, -0.25) is 9.78 Å². The molecule has 5 heteroatoms. The molecule has 0 amide bonds. The molecule has 0 bridgehead atoms. The Morgan fingerprint density at radius 2 is 1.65 bits per heavy atom. The Hall–Kier alpha value is -3.34. The molecule has 0 N–H and O–H groups in total. The molecule has 26 heavy (non-hydrogen) atoms. The molecular weight excluding hydrogens is 329 g/mol. The summed E-state index contributed by atoms with van der Waals surface area (Å²) in [5.74, 6) is -0.301. The first-order valence-electron chi connectivity index (χ1n) is 8.33. The summed E-state index contributed by atoms with van der Waals surface area (Å²) in [5, 5.41) is 6.07. The van der Waals surface area contributed by atoms with Crippen LogP contribution in [0.4, 0.5) is 4.39 Å². The van der Waals surface area contributed by atoms with Crippen molar-refractivity contribution in [2.24, 2.45) is 0 Å². The molecule has 0 aliphatic rings. The van der Waals surface area contributed by atoms with Gasteiger partial charge in [-0.2, -0.15) is 5.10 Å². The third-order valence-corrected chi connectivity index (χ3v) is 4.28. The standard InChI is InChI=1S/C21H16FN3O/c22-17-9-7-15(8-10-17)14-25-21(26)19-6-2-1-5-18(19)20(24-25)12-16-4-3-11-23-13-16/h1-11,13H,12,14H2. The molecular formula is C21H16FN3O. The van der Waals surface area contributed by atoms with Crippen molar-refractivity contribution < 1.29 is 4.39 Å². The van der Waals surface area contributed by atoms with Gasteiger partial charge >= 0.3 is 0 Å². The van der Waals surface area contributed by atoms with Gasteiger partial charge in [-0.15, -0.1) is 0 Å². The number of rotatable bonds is 4. The van der Waals surface area contributed by atoms with E-state index in [0.29, 0.717) is 18.4 Å². The van der Waals surface area contributed by atoms with Crippen molar-refractivity contribution in [2.75, 3.05) is 0 Å². The highest BCUT2D eigenvalue weighted by atomic mass is 19.1. The first-order valence-corrected chi connectivity index (χ1v) is 8.33. The lowest BCUT2D eigenvalue weighted by atomic mass is 10.1. The quantitative estimate of drug-likeness (QED) is 0.568. The molecule has 4 nitrogen and oxygen atoms in total. The van der Waals surface area contributed by atoms with Gasteiger partial charge < -0.3 is 0 Å². The van der Waals surface area contributed by atoms with Gasteiger partial charge in [-0.1, -0.05) is 36.4 Å². The van der Waals surface area contributed by atoms with Crippen molar-refractivity contribution >= 4 is 10.8 Å². The monoisotopic (exact) mass is 345 g/mol. The van der Waals surface area contributed by atoms with Gasteiger partial charge in [-0.25, -0.2) is 9.07 Å². The number of aromatic nitrogens is 3. The smallest absolute Gasteiger partial charge is 0.267 e. The second kappa shape index (κ2) is 6.88. The number of hydrogen-bond acceptors (Lipinski definition) is 3. The minimum Gasteiger partial charge on any atom is -0.267 e. The van der Waals surface area contributed by atoms with E-state index in [4.69, 9.17) is 0 Å². The van der Waals surface area contributed by atoms with Crippen LogP contribution in [0, 0.1) is 5.82 Å². The fourth-order valence-corrected chi connectivity index (χ4v) is 3.00. The SMILES string of the molecule is O=c1c2ccccc2c(Cc2cccnc2)nn1Cc1ccc(F)cc1. The van der Waals surface area contributed by atoms with E-state index in [2.05, 4.69) is 10.1 Å². The van der Waals surface area contributed by atoms with Crippen LogP contribution in [0.15, 0.2) is 77.9 Å². The lowest BCUT2D eigenvalue weighted by Gasteiger charge is -2.11. The third-order valence-electron chi connectivity index (χ3n) is 4.28.